The average molecular weight is 368 g/mol. The second-order valence-corrected chi connectivity index (χ2v) is 5.64. The predicted octanol–water partition coefficient (Wildman–Crippen LogP) is 0.797. The standard InChI is InChI=1S/C17H24N2O7/c1-5-9(2)14(17(22)23)19-16(21)10-6-11(24-3)15(12(7-10)25-4)26-8-13(18)20/h6-7,9,14H,5,8H2,1-4H3,(H2,18,20)(H,19,21)(H,22,23)/t9-,14-/m0/s1. The lowest BCUT2D eigenvalue weighted by Crippen LogP contribution is -2.45. The van der Waals surface area contributed by atoms with Crippen LogP contribution in [0.5, 0.6) is 17.2 Å². The minimum absolute atomic E-state index is 0.113. The van der Waals surface area contributed by atoms with Crippen LogP contribution in [0.3, 0.4) is 0 Å². The van der Waals surface area contributed by atoms with Gasteiger partial charge in [-0.1, -0.05) is 20.3 Å². The Hall–Kier alpha value is -2.97. The van der Waals surface area contributed by atoms with E-state index in [0.29, 0.717) is 6.42 Å². The molecule has 9 nitrogen and oxygen atoms in total. The molecule has 4 N–H and O–H groups in total. The normalized spacial score (nSPS) is 12.6. The fourth-order valence-electron chi connectivity index (χ4n) is 2.20. The van der Waals surface area contributed by atoms with Gasteiger partial charge in [-0.05, 0) is 18.1 Å². The number of methoxy groups -OCH3 is 2. The third-order valence-electron chi connectivity index (χ3n) is 3.85. The van der Waals surface area contributed by atoms with E-state index in [1.54, 1.807) is 6.92 Å². The van der Waals surface area contributed by atoms with Crippen molar-refractivity contribution in [2.45, 2.75) is 26.3 Å². The van der Waals surface area contributed by atoms with Gasteiger partial charge in [0.25, 0.3) is 11.8 Å². The van der Waals surface area contributed by atoms with E-state index >= 15 is 0 Å². The highest BCUT2D eigenvalue weighted by Gasteiger charge is 2.27. The minimum Gasteiger partial charge on any atom is -0.493 e. The van der Waals surface area contributed by atoms with Gasteiger partial charge >= 0.3 is 5.97 Å². The van der Waals surface area contributed by atoms with Crippen molar-refractivity contribution >= 4 is 17.8 Å². The molecular formula is C17H24N2O7. The van der Waals surface area contributed by atoms with E-state index in [9.17, 15) is 19.5 Å². The molecule has 0 saturated carbocycles. The van der Waals surface area contributed by atoms with Crippen molar-refractivity contribution in [3.05, 3.63) is 17.7 Å². The van der Waals surface area contributed by atoms with Gasteiger partial charge in [-0.25, -0.2) is 4.79 Å². The van der Waals surface area contributed by atoms with Crippen molar-refractivity contribution in [1.82, 2.24) is 5.32 Å². The Bertz CT molecular complexity index is 650. The third kappa shape index (κ3) is 5.27. The van der Waals surface area contributed by atoms with E-state index in [1.165, 1.54) is 26.4 Å². The smallest absolute Gasteiger partial charge is 0.326 e. The van der Waals surface area contributed by atoms with E-state index in [4.69, 9.17) is 19.9 Å². The number of nitrogens with one attached hydrogen (secondary N) is 1. The van der Waals surface area contributed by atoms with Gasteiger partial charge in [-0.15, -0.1) is 0 Å². The summed E-state index contributed by atoms with van der Waals surface area (Å²) in [6, 6.07) is 1.70. The van der Waals surface area contributed by atoms with Gasteiger partial charge in [-0.2, -0.15) is 0 Å². The maximum Gasteiger partial charge on any atom is 0.326 e. The van der Waals surface area contributed by atoms with Crippen LogP contribution in [0.25, 0.3) is 0 Å². The molecule has 0 saturated heterocycles. The van der Waals surface area contributed by atoms with Gasteiger partial charge in [0.05, 0.1) is 14.2 Å². The average Bonchev–Trinajstić information content (AvgIpc) is 2.62. The first-order valence-corrected chi connectivity index (χ1v) is 7.95. The SMILES string of the molecule is CC[C@H](C)[C@H](NC(=O)c1cc(OC)c(OCC(N)=O)c(OC)c1)C(=O)O. The Morgan fingerprint density at radius 3 is 2.12 bits per heavy atom. The molecule has 0 spiro atoms. The molecule has 0 aromatic heterocycles. The molecule has 0 aliphatic carbocycles. The highest BCUT2D eigenvalue weighted by atomic mass is 16.5. The zero-order valence-electron chi connectivity index (χ0n) is 15.2. The molecule has 1 rings (SSSR count). The van der Waals surface area contributed by atoms with Crippen LogP contribution in [0, 0.1) is 5.92 Å². The van der Waals surface area contributed by atoms with Crippen molar-refractivity contribution in [1.29, 1.82) is 0 Å². The lowest BCUT2D eigenvalue weighted by molar-refractivity contribution is -0.140. The molecule has 2 amide bonds. The number of rotatable bonds is 10. The Morgan fingerprint density at radius 1 is 1.19 bits per heavy atom. The van der Waals surface area contributed by atoms with Crippen LogP contribution in [0.1, 0.15) is 30.6 Å². The van der Waals surface area contributed by atoms with Crippen LogP contribution in [0.2, 0.25) is 0 Å². The zero-order valence-corrected chi connectivity index (χ0v) is 15.2. The Balaban J connectivity index is 3.17. The number of nitrogens with two attached hydrogens (primary N) is 1. The molecular weight excluding hydrogens is 344 g/mol. The number of hydrogen-bond acceptors (Lipinski definition) is 6. The molecule has 2 atom stereocenters. The summed E-state index contributed by atoms with van der Waals surface area (Å²) in [6.45, 7) is 3.18. The molecule has 0 aliphatic rings. The van der Waals surface area contributed by atoms with E-state index < -0.39 is 30.4 Å². The first-order valence-electron chi connectivity index (χ1n) is 7.95. The summed E-state index contributed by atoms with van der Waals surface area (Å²) in [5, 5.41) is 11.8. The van der Waals surface area contributed by atoms with Gasteiger partial charge < -0.3 is 30.4 Å². The van der Waals surface area contributed by atoms with Gasteiger partial charge in [-0.3, -0.25) is 9.59 Å². The van der Waals surface area contributed by atoms with E-state index in [2.05, 4.69) is 5.32 Å². The molecule has 0 bridgehead atoms. The number of carbonyl (C=O) groups excluding carboxylic acids is 2. The largest absolute Gasteiger partial charge is 0.493 e. The third-order valence-corrected chi connectivity index (χ3v) is 3.85. The van der Waals surface area contributed by atoms with Gasteiger partial charge in [0.1, 0.15) is 6.04 Å². The Labute approximate surface area is 151 Å². The van der Waals surface area contributed by atoms with Crippen molar-refractivity contribution in [3.8, 4) is 17.2 Å². The molecule has 1 aromatic rings. The lowest BCUT2D eigenvalue weighted by atomic mass is 9.99. The van der Waals surface area contributed by atoms with Crippen LogP contribution in [0.15, 0.2) is 12.1 Å². The summed E-state index contributed by atoms with van der Waals surface area (Å²) in [5.41, 5.74) is 5.19. The number of ether oxygens (including phenoxy) is 3. The first kappa shape index (κ1) is 21.1. The number of aliphatic carboxylic acids is 1. The molecule has 0 unspecified atom stereocenters. The molecule has 1 aromatic carbocycles. The molecule has 26 heavy (non-hydrogen) atoms. The number of benzene rings is 1. The number of carboxylic acids is 1. The van der Waals surface area contributed by atoms with E-state index in [1.807, 2.05) is 6.92 Å². The number of carbonyl (C=O) groups is 3. The topological polar surface area (TPSA) is 137 Å². The Morgan fingerprint density at radius 2 is 1.73 bits per heavy atom. The van der Waals surface area contributed by atoms with Crippen molar-refractivity contribution in [2.75, 3.05) is 20.8 Å². The van der Waals surface area contributed by atoms with E-state index in [0.717, 1.165) is 0 Å². The van der Waals surface area contributed by atoms with Gasteiger partial charge in [0, 0.05) is 5.56 Å². The second-order valence-electron chi connectivity index (χ2n) is 5.64. The quantitative estimate of drug-likeness (QED) is 0.555. The maximum absolute atomic E-state index is 12.5. The van der Waals surface area contributed by atoms with Crippen LogP contribution in [-0.4, -0.2) is 49.8 Å². The summed E-state index contributed by atoms with van der Waals surface area (Å²) in [6.07, 6.45) is 0.587. The van der Waals surface area contributed by atoms with Gasteiger partial charge in [0.15, 0.2) is 18.1 Å². The summed E-state index contributed by atoms with van der Waals surface area (Å²) in [5.74, 6) is -2.25. The number of amides is 2. The number of carboxylic acid groups (broad SMARTS) is 1. The zero-order chi connectivity index (χ0) is 19.9. The fraction of sp³-hybridized carbons (Fsp3) is 0.471. The van der Waals surface area contributed by atoms with Crippen molar-refractivity contribution in [2.24, 2.45) is 11.7 Å². The highest BCUT2D eigenvalue weighted by Crippen LogP contribution is 2.38. The lowest BCUT2D eigenvalue weighted by Gasteiger charge is -2.21. The van der Waals surface area contributed by atoms with E-state index in [-0.39, 0.29) is 28.7 Å². The summed E-state index contributed by atoms with van der Waals surface area (Å²) in [4.78, 5) is 34.8. The molecule has 9 heteroatoms. The maximum atomic E-state index is 12.5. The van der Waals surface area contributed by atoms with Crippen LogP contribution >= 0.6 is 0 Å². The van der Waals surface area contributed by atoms with Crippen LogP contribution in [0.4, 0.5) is 0 Å². The van der Waals surface area contributed by atoms with Crippen molar-refractivity contribution < 1.29 is 33.7 Å². The second kappa shape index (κ2) is 9.50. The van der Waals surface area contributed by atoms with Crippen LogP contribution < -0.4 is 25.3 Å². The van der Waals surface area contributed by atoms with Crippen molar-refractivity contribution in [3.63, 3.8) is 0 Å². The number of hydrogen-bond donors (Lipinski definition) is 3. The minimum atomic E-state index is -1.12. The molecule has 0 aliphatic heterocycles. The predicted molar refractivity (Wildman–Crippen MR) is 92.6 cm³/mol. The fourth-order valence-corrected chi connectivity index (χ4v) is 2.20. The summed E-state index contributed by atoms with van der Waals surface area (Å²) < 4.78 is 15.6. The first-order chi connectivity index (χ1) is 12.2. The Kier molecular flexibility index (Phi) is 7.70. The number of primary amides is 1. The van der Waals surface area contributed by atoms with Gasteiger partial charge in [0.2, 0.25) is 5.75 Å². The summed E-state index contributed by atoms with van der Waals surface area (Å²) in [7, 11) is 2.71. The molecule has 0 radical (unpaired) electrons. The molecule has 0 fully saturated rings. The summed E-state index contributed by atoms with van der Waals surface area (Å²) >= 11 is 0. The highest BCUT2D eigenvalue weighted by molar-refractivity contribution is 5.97. The molecule has 0 heterocycles. The monoisotopic (exact) mass is 368 g/mol. The van der Waals surface area contributed by atoms with Crippen LogP contribution in [-0.2, 0) is 9.59 Å². The molecule has 144 valence electrons.